The predicted octanol–water partition coefficient (Wildman–Crippen LogP) is 2.89. The van der Waals surface area contributed by atoms with Gasteiger partial charge < -0.3 is 0 Å². The number of nitrogens with one attached hydrogen (secondary N) is 1. The normalized spacial score (nSPS) is 14.9. The molecule has 6 heteroatoms. The van der Waals surface area contributed by atoms with Crippen LogP contribution >= 0.6 is 12.2 Å². The van der Waals surface area contributed by atoms with Crippen LogP contribution in [0.4, 0.5) is 0 Å². The highest BCUT2D eigenvalue weighted by molar-refractivity contribution is 7.71. The molecule has 2 heterocycles. The Bertz CT molecular complexity index is 815. The van der Waals surface area contributed by atoms with Crippen LogP contribution in [-0.2, 0) is 0 Å². The molecule has 1 N–H and O–H groups in total. The average molecular weight is 269 g/mol. The summed E-state index contributed by atoms with van der Waals surface area (Å²) in [6.07, 6.45) is 4.07. The van der Waals surface area contributed by atoms with E-state index in [2.05, 4.69) is 20.2 Å². The van der Waals surface area contributed by atoms with Gasteiger partial charge in [-0.05, 0) is 37.2 Å². The average Bonchev–Trinajstić information content (AvgIpc) is 3.21. The van der Waals surface area contributed by atoms with Gasteiger partial charge in [0.15, 0.2) is 10.6 Å². The van der Waals surface area contributed by atoms with E-state index in [1.165, 1.54) is 0 Å². The van der Waals surface area contributed by atoms with Gasteiger partial charge >= 0.3 is 0 Å². The molecule has 1 aliphatic rings. The molecule has 5 nitrogen and oxygen atoms in total. The molecule has 2 aromatic heterocycles. The van der Waals surface area contributed by atoms with E-state index >= 15 is 0 Å². The molecule has 0 aliphatic heterocycles. The highest BCUT2D eigenvalue weighted by Crippen LogP contribution is 2.37. The van der Waals surface area contributed by atoms with E-state index < -0.39 is 0 Å². The fourth-order valence-electron chi connectivity index (χ4n) is 2.22. The first-order valence-electron chi connectivity index (χ1n) is 6.22. The van der Waals surface area contributed by atoms with E-state index in [1.54, 1.807) is 6.20 Å². The van der Waals surface area contributed by atoms with Crippen LogP contribution in [0.5, 0.6) is 0 Å². The summed E-state index contributed by atoms with van der Waals surface area (Å²) in [7, 11) is 0. The molecule has 0 atom stereocenters. The maximum absolute atomic E-state index is 5.28. The lowest BCUT2D eigenvalue weighted by molar-refractivity contribution is 0.733. The Labute approximate surface area is 114 Å². The van der Waals surface area contributed by atoms with Crippen molar-refractivity contribution in [3.63, 3.8) is 0 Å². The second kappa shape index (κ2) is 3.96. The molecule has 0 amide bonds. The number of fused-ring (bicyclic) bond motifs is 1. The summed E-state index contributed by atoms with van der Waals surface area (Å²) in [5.74, 6) is 0.783. The van der Waals surface area contributed by atoms with Gasteiger partial charge in [-0.25, -0.2) is 4.98 Å². The van der Waals surface area contributed by atoms with Crippen LogP contribution in [0.3, 0.4) is 0 Å². The zero-order valence-corrected chi connectivity index (χ0v) is 10.9. The number of rotatable bonds is 2. The summed E-state index contributed by atoms with van der Waals surface area (Å²) in [6.45, 7) is 0. The van der Waals surface area contributed by atoms with Crippen molar-refractivity contribution in [1.29, 1.82) is 0 Å². The van der Waals surface area contributed by atoms with Crippen molar-refractivity contribution in [2.24, 2.45) is 0 Å². The summed E-state index contributed by atoms with van der Waals surface area (Å²) in [5, 5.41) is 7.15. The van der Waals surface area contributed by atoms with Gasteiger partial charge in [-0.2, -0.15) is 5.10 Å². The number of hydrogen-bond donors (Lipinski definition) is 1. The quantitative estimate of drug-likeness (QED) is 0.727. The Kier molecular flexibility index (Phi) is 2.25. The molecular weight excluding hydrogens is 258 g/mol. The maximum atomic E-state index is 5.28. The van der Waals surface area contributed by atoms with Gasteiger partial charge in [-0.1, -0.05) is 12.1 Å². The van der Waals surface area contributed by atoms with Crippen molar-refractivity contribution < 1.29 is 0 Å². The molecule has 0 bridgehead atoms. The van der Waals surface area contributed by atoms with Crippen molar-refractivity contribution in [2.45, 2.75) is 18.9 Å². The smallest absolute Gasteiger partial charge is 0.195 e. The summed E-state index contributed by atoms with van der Waals surface area (Å²) < 4.78 is 2.71. The summed E-state index contributed by atoms with van der Waals surface area (Å²) in [4.78, 5) is 9.04. The predicted molar refractivity (Wildman–Crippen MR) is 74.2 cm³/mol. The highest BCUT2D eigenvalue weighted by atomic mass is 32.1. The van der Waals surface area contributed by atoms with Gasteiger partial charge in [0.05, 0.1) is 17.2 Å². The van der Waals surface area contributed by atoms with E-state index in [9.17, 15) is 0 Å². The van der Waals surface area contributed by atoms with Crippen molar-refractivity contribution in [2.75, 3.05) is 0 Å². The van der Waals surface area contributed by atoms with Crippen molar-refractivity contribution in [1.82, 2.24) is 24.7 Å². The Morgan fingerprint density at radius 2 is 2.00 bits per heavy atom. The number of aromatic nitrogens is 5. The minimum absolute atomic E-state index is 0.467. The molecule has 1 aromatic carbocycles. The zero-order valence-electron chi connectivity index (χ0n) is 10.1. The minimum atomic E-state index is 0.467. The number of hydrogen-bond acceptors (Lipinski definition) is 4. The van der Waals surface area contributed by atoms with E-state index in [1.807, 2.05) is 28.8 Å². The third kappa shape index (κ3) is 1.76. The van der Waals surface area contributed by atoms with Gasteiger partial charge in [0.2, 0.25) is 0 Å². The third-order valence-electron chi connectivity index (χ3n) is 3.29. The summed E-state index contributed by atoms with van der Waals surface area (Å²) in [5.41, 5.74) is 2.52. The summed E-state index contributed by atoms with van der Waals surface area (Å²) >= 11 is 5.28. The van der Waals surface area contributed by atoms with Gasteiger partial charge in [0, 0.05) is 6.04 Å². The SMILES string of the molecule is S=c1[nH]nc(-c2cnc3ccccc3n2)n1C1CC1. The maximum Gasteiger partial charge on any atom is 0.195 e. The molecule has 0 saturated heterocycles. The van der Waals surface area contributed by atoms with Crippen molar-refractivity contribution >= 4 is 23.3 Å². The molecule has 0 radical (unpaired) electrons. The molecule has 1 aliphatic carbocycles. The second-order valence-corrected chi connectivity index (χ2v) is 5.08. The van der Waals surface area contributed by atoms with E-state index in [-0.39, 0.29) is 0 Å². The van der Waals surface area contributed by atoms with Crippen LogP contribution in [0.25, 0.3) is 22.6 Å². The molecule has 4 rings (SSSR count). The van der Waals surface area contributed by atoms with Gasteiger partial charge in [-0.3, -0.25) is 14.6 Å². The van der Waals surface area contributed by atoms with Crippen LogP contribution in [0.2, 0.25) is 0 Å². The standard InChI is InChI=1S/C13H11N5S/c19-13-17-16-12(18(13)8-5-6-8)11-7-14-9-3-1-2-4-10(9)15-11/h1-4,7-8H,5-6H2,(H,17,19). The fraction of sp³-hybridized carbons (Fsp3) is 0.231. The Hall–Kier alpha value is -2.08. The molecular formula is C13H11N5S. The van der Waals surface area contributed by atoms with Gasteiger partial charge in [0.1, 0.15) is 5.69 Å². The lowest BCUT2D eigenvalue weighted by Gasteiger charge is -2.04. The lowest BCUT2D eigenvalue weighted by atomic mass is 10.3. The monoisotopic (exact) mass is 269 g/mol. The number of aromatic amines is 1. The first kappa shape index (κ1) is 10.8. The second-order valence-electron chi connectivity index (χ2n) is 4.70. The molecule has 1 fully saturated rings. The number of para-hydroxylation sites is 2. The minimum Gasteiger partial charge on any atom is -0.296 e. The fourth-order valence-corrected chi connectivity index (χ4v) is 2.50. The molecule has 0 spiro atoms. The van der Waals surface area contributed by atoms with E-state index in [0.29, 0.717) is 10.8 Å². The van der Waals surface area contributed by atoms with E-state index in [4.69, 9.17) is 12.2 Å². The number of nitrogens with zero attached hydrogens (tertiary/aromatic N) is 4. The molecule has 94 valence electrons. The van der Waals surface area contributed by atoms with Crippen LogP contribution in [0.15, 0.2) is 30.5 Å². The molecule has 3 aromatic rings. The Balaban J connectivity index is 1.92. The Morgan fingerprint density at radius 3 is 2.79 bits per heavy atom. The van der Waals surface area contributed by atoms with Gasteiger partial charge in [0.25, 0.3) is 0 Å². The zero-order chi connectivity index (χ0) is 12.8. The van der Waals surface area contributed by atoms with Crippen molar-refractivity contribution in [3.8, 4) is 11.5 Å². The lowest BCUT2D eigenvalue weighted by Crippen LogP contribution is -1.99. The Morgan fingerprint density at radius 1 is 1.21 bits per heavy atom. The topological polar surface area (TPSA) is 59.4 Å². The van der Waals surface area contributed by atoms with Crippen LogP contribution < -0.4 is 0 Å². The summed E-state index contributed by atoms with van der Waals surface area (Å²) in [6, 6.07) is 8.28. The molecule has 19 heavy (non-hydrogen) atoms. The van der Waals surface area contributed by atoms with Crippen molar-refractivity contribution in [3.05, 3.63) is 35.2 Å². The molecule has 1 saturated carbocycles. The molecule has 0 unspecified atom stereocenters. The van der Waals surface area contributed by atoms with Crippen LogP contribution in [0.1, 0.15) is 18.9 Å². The highest BCUT2D eigenvalue weighted by Gasteiger charge is 2.28. The van der Waals surface area contributed by atoms with E-state index in [0.717, 1.165) is 35.4 Å². The first-order chi connectivity index (χ1) is 9.33. The van der Waals surface area contributed by atoms with Crippen LogP contribution in [0, 0.1) is 4.77 Å². The first-order valence-corrected chi connectivity index (χ1v) is 6.63. The number of H-pyrrole nitrogens is 1. The third-order valence-corrected chi connectivity index (χ3v) is 3.58. The number of benzene rings is 1. The largest absolute Gasteiger partial charge is 0.296 e. The van der Waals surface area contributed by atoms with Crippen LogP contribution in [-0.4, -0.2) is 24.7 Å². The van der Waals surface area contributed by atoms with Gasteiger partial charge in [-0.15, -0.1) is 0 Å².